The van der Waals surface area contributed by atoms with Gasteiger partial charge in [-0.1, -0.05) is 11.6 Å². The molecular weight excluding hydrogens is 1400 g/mol. The molecule has 0 amide bonds. The van der Waals surface area contributed by atoms with E-state index in [1.807, 2.05) is 89.6 Å². The van der Waals surface area contributed by atoms with Crippen LogP contribution in [0.1, 0.15) is 215 Å². The van der Waals surface area contributed by atoms with Crippen molar-refractivity contribution < 1.29 is 9.47 Å². The zero-order valence-electron chi connectivity index (χ0n) is 72.5. The van der Waals surface area contributed by atoms with Crippen LogP contribution in [-0.4, -0.2) is 151 Å². The minimum atomic E-state index is 0.00177. The molecule has 9 aromatic rings. The SMILES string of the molecule is CC(C)(C)Nc1ccc(Cl)nn1.CC(C)(C)Nc1cccnc1.CC(C)(C)Nc1cccnn1.COCCOc1ncc(NC(C)(C)C)cn1.Cc1ccc(NC(C)(C)C)nn1.Cc1cnc(NC(C)(C)C)cn1.Cc1cnc(NC(C)(C)C)nc1.Cc1cncc(NC(C)(C)C)c1.Cc1ncc(NC(C)(C)C)cn1. The average Bonchev–Trinajstić information content (AvgIpc) is 0.887. The molecule has 9 N–H and O–H groups in total. The molecule has 9 aromatic heterocycles. The highest BCUT2D eigenvalue weighted by atomic mass is 35.5. The molecule has 0 saturated carbocycles. The molecule has 110 heavy (non-hydrogen) atoms. The fourth-order valence-electron chi connectivity index (χ4n) is 7.92. The summed E-state index contributed by atoms with van der Waals surface area (Å²) in [6, 6.07) is 17.6. The van der Waals surface area contributed by atoms with Crippen LogP contribution in [0.25, 0.3) is 0 Å². The van der Waals surface area contributed by atoms with E-state index in [9.17, 15) is 0 Å². The van der Waals surface area contributed by atoms with E-state index in [0.717, 1.165) is 68.8 Å². The van der Waals surface area contributed by atoms with Crippen LogP contribution in [0.5, 0.6) is 6.01 Å². The summed E-state index contributed by atoms with van der Waals surface area (Å²) < 4.78 is 10.1. The van der Waals surface area contributed by atoms with Gasteiger partial charge < -0.3 is 57.3 Å². The van der Waals surface area contributed by atoms with Crippen LogP contribution < -0.4 is 52.6 Å². The molecular formula is C82H134ClN25O2. The minimum absolute atomic E-state index is 0.00177. The molecule has 9 heterocycles. The van der Waals surface area contributed by atoms with Crippen LogP contribution in [0, 0.1) is 34.6 Å². The van der Waals surface area contributed by atoms with E-state index in [4.69, 9.17) is 21.1 Å². The molecule has 0 unspecified atom stereocenters. The molecule has 9 rings (SSSR count). The predicted molar refractivity (Wildman–Crippen MR) is 459 cm³/mol. The van der Waals surface area contributed by atoms with Gasteiger partial charge in [-0.05, 0) is 287 Å². The second-order valence-corrected chi connectivity index (χ2v) is 35.4. The number of rotatable bonds is 13. The smallest absolute Gasteiger partial charge is 0.316 e. The highest BCUT2D eigenvalue weighted by Crippen LogP contribution is 2.19. The zero-order valence-corrected chi connectivity index (χ0v) is 73.2. The molecule has 0 atom stereocenters. The van der Waals surface area contributed by atoms with Crippen LogP contribution in [0.4, 0.5) is 52.0 Å². The first kappa shape index (κ1) is 98.1. The number of aryl methyl sites for hydroxylation is 5. The van der Waals surface area contributed by atoms with Crippen LogP contribution in [0.3, 0.4) is 0 Å². The van der Waals surface area contributed by atoms with E-state index in [0.29, 0.717) is 30.3 Å². The van der Waals surface area contributed by atoms with Gasteiger partial charge in [0.15, 0.2) is 5.15 Å². The largest absolute Gasteiger partial charge is 0.461 e. The molecule has 0 aromatic carbocycles. The first-order valence-corrected chi connectivity index (χ1v) is 37.1. The molecule has 0 radical (unpaired) electrons. The van der Waals surface area contributed by atoms with Crippen LogP contribution >= 0.6 is 11.6 Å². The summed E-state index contributed by atoms with van der Waals surface area (Å²) in [6.45, 7) is 67.3. The van der Waals surface area contributed by atoms with Crippen molar-refractivity contribution in [3.8, 4) is 6.01 Å². The number of ether oxygens (including phenoxy) is 2. The molecule has 0 aliphatic carbocycles. The van der Waals surface area contributed by atoms with Gasteiger partial charge in [-0.3, -0.25) is 15.0 Å². The summed E-state index contributed by atoms with van der Waals surface area (Å²) in [5, 5.41) is 52.9. The number of halogens is 1. The van der Waals surface area contributed by atoms with E-state index in [2.05, 4.69) is 321 Å². The standard InChI is InChI=1S/C11H19N3O2.C10H16N2.4C9H15N3.C9H14N2.C8H12ClN3.C8H13N3/c1-11(2,3)14-9-7-12-10(13-8-9)16-6-5-15-4;1-8-5-9(7-11-6-8)12-10(2,3)4;1-7-10-5-8(6-11-7)12-9(2,3)4;1-7-5-11-8(6-10-7)12-9(2,3)4;1-7-5-10-8(11-6-7)12-9(2,3)4;1-7-5-6-8(12-11-7)10-9(2,3)4;1-9(2,3)11-8-5-4-6-10-7-8;1-8(2,3)10-7-5-4-6(9)11-12-7;1-8(2,3)10-7-5-4-6-9-11-7/h7-8,14H,5-6H2,1-4H3;5-7,12H,1-4H3;5-6,12H,1-4H3;5-6H,1-4H3,(H,11,12);5-6H,1-4H3,(H,10,11,12);5-6H,1-4H3,(H,10,12);4-7,11H,1-3H3;4-5H,1-3H3,(H,10,12);4-6H,1-3H3,(H,10,11). The number of nitrogens with zero attached hydrogens (tertiary/aromatic N) is 16. The van der Waals surface area contributed by atoms with Gasteiger partial charge in [0.25, 0.3) is 0 Å². The van der Waals surface area contributed by atoms with Gasteiger partial charge >= 0.3 is 6.01 Å². The van der Waals surface area contributed by atoms with Crippen molar-refractivity contribution in [3.05, 3.63) is 169 Å². The summed E-state index contributed by atoms with van der Waals surface area (Å²) in [7, 11) is 1.63. The van der Waals surface area contributed by atoms with E-state index in [1.165, 1.54) is 5.56 Å². The van der Waals surface area contributed by atoms with E-state index >= 15 is 0 Å². The Kier molecular flexibility index (Phi) is 41.5. The topological polar surface area (TPSA) is 333 Å². The number of nitrogens with one attached hydrogen (secondary N) is 9. The maximum absolute atomic E-state index is 5.58. The quantitative estimate of drug-likeness (QED) is 0.0484. The summed E-state index contributed by atoms with van der Waals surface area (Å²) in [5.74, 6) is 4.70. The fraction of sp³-hybridized carbons (Fsp3) is 0.537. The van der Waals surface area contributed by atoms with Crippen molar-refractivity contribution >= 4 is 63.6 Å². The van der Waals surface area contributed by atoms with Gasteiger partial charge in [0.05, 0.1) is 77.9 Å². The van der Waals surface area contributed by atoms with Crippen molar-refractivity contribution in [1.29, 1.82) is 0 Å². The van der Waals surface area contributed by atoms with E-state index in [1.54, 1.807) is 81.2 Å². The summed E-state index contributed by atoms with van der Waals surface area (Å²) in [6.07, 6.45) is 23.1. The Hall–Kier alpha value is -9.89. The van der Waals surface area contributed by atoms with Gasteiger partial charge in [0.2, 0.25) is 5.95 Å². The Morgan fingerprint density at radius 3 is 1.15 bits per heavy atom. The average molecular weight is 1540 g/mol. The Morgan fingerprint density at radius 1 is 0.318 bits per heavy atom. The Labute approximate surface area is 664 Å². The van der Waals surface area contributed by atoms with Crippen molar-refractivity contribution in [1.82, 2.24) is 80.4 Å². The monoisotopic (exact) mass is 1540 g/mol. The first-order chi connectivity index (χ1) is 50.5. The highest BCUT2D eigenvalue weighted by Gasteiger charge is 2.16. The zero-order chi connectivity index (χ0) is 83.8. The number of hydrogen-bond donors (Lipinski definition) is 9. The van der Waals surface area contributed by atoms with Crippen LogP contribution in [0.2, 0.25) is 5.15 Å². The molecule has 28 heteroatoms. The number of anilines is 9. The maximum Gasteiger partial charge on any atom is 0.316 e. The van der Waals surface area contributed by atoms with Gasteiger partial charge in [0, 0.05) is 100 Å². The Bertz CT molecular complexity index is 3470. The van der Waals surface area contributed by atoms with E-state index in [-0.39, 0.29) is 49.9 Å². The second-order valence-electron chi connectivity index (χ2n) is 35.0. The number of methoxy groups -OCH3 is 1. The minimum Gasteiger partial charge on any atom is -0.461 e. The third-order valence-corrected chi connectivity index (χ3v) is 11.8. The second kappa shape index (κ2) is 46.6. The number of hydrogen-bond acceptors (Lipinski definition) is 27. The Balaban J connectivity index is 0.000000620. The molecule has 0 aliphatic rings. The normalized spacial score (nSPS) is 11.3. The molecule has 0 aliphatic heterocycles. The highest BCUT2D eigenvalue weighted by molar-refractivity contribution is 6.29. The lowest BCUT2D eigenvalue weighted by Crippen LogP contribution is -2.27. The molecule has 0 bridgehead atoms. The van der Waals surface area contributed by atoms with Gasteiger partial charge in [-0.25, -0.2) is 34.9 Å². The lowest BCUT2D eigenvalue weighted by molar-refractivity contribution is 0.141. The van der Waals surface area contributed by atoms with Gasteiger partial charge in [0.1, 0.15) is 35.7 Å². The predicted octanol–water partition coefficient (Wildman–Crippen LogP) is 18.6. The van der Waals surface area contributed by atoms with Crippen molar-refractivity contribution in [3.63, 3.8) is 0 Å². The third kappa shape index (κ3) is 58.2. The van der Waals surface area contributed by atoms with Gasteiger partial charge in [-0.2, -0.15) is 10.2 Å². The fourth-order valence-corrected chi connectivity index (χ4v) is 8.02. The van der Waals surface area contributed by atoms with Crippen LogP contribution in [-0.2, 0) is 4.74 Å². The van der Waals surface area contributed by atoms with Gasteiger partial charge in [-0.15, -0.1) is 20.4 Å². The lowest BCUT2D eigenvalue weighted by atomic mass is 10.1. The summed E-state index contributed by atoms with van der Waals surface area (Å²) in [4.78, 5) is 41.1. The molecule has 27 nitrogen and oxygen atoms in total. The molecule has 606 valence electrons. The molecule has 0 spiro atoms. The number of aromatic nitrogens is 16. The Morgan fingerprint density at radius 2 is 0.755 bits per heavy atom. The number of pyridine rings is 2. The first-order valence-electron chi connectivity index (χ1n) is 36.7. The van der Waals surface area contributed by atoms with Crippen molar-refractivity contribution in [2.24, 2.45) is 0 Å². The summed E-state index contributed by atoms with van der Waals surface area (Å²) >= 11 is 5.58. The molecule has 0 saturated heterocycles. The van der Waals surface area contributed by atoms with Crippen LogP contribution in [0.15, 0.2) is 135 Å². The molecule has 0 fully saturated rings. The van der Waals surface area contributed by atoms with Crippen molar-refractivity contribution in [2.45, 2.75) is 271 Å². The van der Waals surface area contributed by atoms with E-state index < -0.39 is 0 Å². The van der Waals surface area contributed by atoms with Crippen molar-refractivity contribution in [2.75, 3.05) is 68.2 Å². The lowest BCUT2D eigenvalue weighted by Gasteiger charge is -2.21. The summed E-state index contributed by atoms with van der Waals surface area (Å²) in [5.41, 5.74) is 8.60. The third-order valence-electron chi connectivity index (χ3n) is 11.6. The maximum atomic E-state index is 5.58.